The molecule has 4 nitrogen and oxygen atoms in total. The Morgan fingerprint density at radius 3 is 3.05 bits per heavy atom. The molecule has 0 spiro atoms. The first-order valence-corrected chi connectivity index (χ1v) is 7.37. The van der Waals surface area contributed by atoms with Crippen LogP contribution in [0.4, 0.5) is 5.69 Å². The molecule has 0 radical (unpaired) electrons. The lowest BCUT2D eigenvalue weighted by molar-refractivity contribution is 0.320. The smallest absolute Gasteiger partial charge is 0.231 e. The molecule has 3 rings (SSSR count). The van der Waals surface area contributed by atoms with Crippen LogP contribution < -0.4 is 5.73 Å². The second kappa shape index (κ2) is 5.65. The molecule has 0 aliphatic heterocycles. The minimum Gasteiger partial charge on any atom is -0.399 e. The number of nitrogen functional groups attached to an aromatic ring is 1. The summed E-state index contributed by atoms with van der Waals surface area (Å²) in [7, 11) is 0. The molecule has 20 heavy (non-hydrogen) atoms. The lowest BCUT2D eigenvalue weighted by Crippen LogP contribution is -2.12. The Hall–Kier alpha value is -1.84. The van der Waals surface area contributed by atoms with Crippen molar-refractivity contribution < 1.29 is 4.52 Å². The van der Waals surface area contributed by atoms with Gasteiger partial charge < -0.3 is 10.3 Å². The molecule has 0 saturated heterocycles. The zero-order valence-electron chi connectivity index (χ0n) is 11.9. The van der Waals surface area contributed by atoms with Crippen molar-refractivity contribution in [3.63, 3.8) is 0 Å². The van der Waals surface area contributed by atoms with E-state index in [1.165, 1.54) is 25.7 Å². The van der Waals surface area contributed by atoms with Gasteiger partial charge in [-0.15, -0.1) is 0 Å². The van der Waals surface area contributed by atoms with E-state index in [4.69, 9.17) is 10.3 Å². The van der Waals surface area contributed by atoms with Crippen LogP contribution in [0.3, 0.4) is 0 Å². The van der Waals surface area contributed by atoms with Crippen LogP contribution in [-0.4, -0.2) is 10.1 Å². The molecule has 0 amide bonds. The fourth-order valence-corrected chi connectivity index (χ4v) is 3.05. The molecular weight excluding hydrogens is 250 g/mol. The standard InChI is InChI=1S/C16H21N3O/c1-11-4-2-6-13(8-11)16-18-15(20-19-16)10-12-5-3-7-14(17)9-12/h3,5,7,9,11,13H,2,4,6,8,10,17H2,1H3. The van der Waals surface area contributed by atoms with Crippen LogP contribution in [0.25, 0.3) is 0 Å². The van der Waals surface area contributed by atoms with Gasteiger partial charge in [-0.25, -0.2) is 0 Å². The lowest BCUT2D eigenvalue weighted by Gasteiger charge is -2.23. The highest BCUT2D eigenvalue weighted by molar-refractivity contribution is 5.41. The Morgan fingerprint density at radius 1 is 1.35 bits per heavy atom. The monoisotopic (exact) mass is 271 g/mol. The summed E-state index contributed by atoms with van der Waals surface area (Å²) in [5.41, 5.74) is 7.66. The van der Waals surface area contributed by atoms with Gasteiger partial charge in [0.1, 0.15) is 0 Å². The topological polar surface area (TPSA) is 64.9 Å². The summed E-state index contributed by atoms with van der Waals surface area (Å²) in [6.45, 7) is 2.31. The van der Waals surface area contributed by atoms with Crippen LogP contribution in [0.15, 0.2) is 28.8 Å². The summed E-state index contributed by atoms with van der Waals surface area (Å²) >= 11 is 0. The fraction of sp³-hybridized carbons (Fsp3) is 0.500. The van der Waals surface area contributed by atoms with E-state index in [0.717, 1.165) is 23.0 Å². The Kier molecular flexibility index (Phi) is 3.72. The highest BCUT2D eigenvalue weighted by atomic mass is 16.5. The average molecular weight is 271 g/mol. The minimum absolute atomic E-state index is 0.470. The predicted octanol–water partition coefficient (Wildman–Crippen LogP) is 3.54. The zero-order chi connectivity index (χ0) is 13.9. The molecule has 2 atom stereocenters. The Labute approximate surface area is 119 Å². The average Bonchev–Trinajstić information content (AvgIpc) is 2.87. The number of benzene rings is 1. The van der Waals surface area contributed by atoms with E-state index in [-0.39, 0.29) is 0 Å². The summed E-state index contributed by atoms with van der Waals surface area (Å²) in [4.78, 5) is 4.57. The molecule has 2 aromatic rings. The van der Waals surface area contributed by atoms with E-state index < -0.39 is 0 Å². The SMILES string of the molecule is CC1CCCC(c2noc(Cc3cccc(N)c3)n2)C1. The van der Waals surface area contributed by atoms with Gasteiger partial charge in [0, 0.05) is 11.6 Å². The third-order valence-electron chi connectivity index (χ3n) is 4.09. The van der Waals surface area contributed by atoms with Gasteiger partial charge in [0.05, 0.1) is 6.42 Å². The molecule has 4 heteroatoms. The lowest BCUT2D eigenvalue weighted by atomic mass is 9.82. The van der Waals surface area contributed by atoms with Gasteiger partial charge in [-0.1, -0.05) is 37.1 Å². The maximum absolute atomic E-state index is 5.78. The number of nitrogens with two attached hydrogens (primary N) is 1. The molecule has 2 unspecified atom stereocenters. The molecule has 1 aromatic carbocycles. The van der Waals surface area contributed by atoms with Gasteiger partial charge >= 0.3 is 0 Å². The number of aromatic nitrogens is 2. The Morgan fingerprint density at radius 2 is 2.25 bits per heavy atom. The first kappa shape index (κ1) is 13.2. The van der Waals surface area contributed by atoms with Crippen LogP contribution in [0, 0.1) is 5.92 Å². The van der Waals surface area contributed by atoms with E-state index in [1.807, 2.05) is 24.3 Å². The van der Waals surface area contributed by atoms with Crippen LogP contribution in [0.2, 0.25) is 0 Å². The second-order valence-electron chi connectivity index (χ2n) is 5.94. The molecular formula is C16H21N3O. The molecule has 1 aromatic heterocycles. The third kappa shape index (κ3) is 3.00. The molecule has 1 aliphatic carbocycles. The quantitative estimate of drug-likeness (QED) is 0.867. The van der Waals surface area contributed by atoms with Gasteiger partial charge in [0.2, 0.25) is 5.89 Å². The normalized spacial score (nSPS) is 22.9. The highest BCUT2D eigenvalue weighted by Gasteiger charge is 2.24. The van der Waals surface area contributed by atoms with E-state index in [1.54, 1.807) is 0 Å². The molecule has 2 N–H and O–H groups in total. The van der Waals surface area contributed by atoms with Crippen molar-refractivity contribution in [1.82, 2.24) is 10.1 Å². The fourth-order valence-electron chi connectivity index (χ4n) is 3.05. The summed E-state index contributed by atoms with van der Waals surface area (Å²) in [5, 5.41) is 4.18. The van der Waals surface area contributed by atoms with E-state index >= 15 is 0 Å². The minimum atomic E-state index is 0.470. The van der Waals surface area contributed by atoms with Gasteiger partial charge in [-0.05, 0) is 36.5 Å². The van der Waals surface area contributed by atoms with Gasteiger partial charge in [-0.2, -0.15) is 4.98 Å². The van der Waals surface area contributed by atoms with Crippen molar-refractivity contribution in [3.8, 4) is 0 Å². The first-order valence-electron chi connectivity index (χ1n) is 7.37. The highest BCUT2D eigenvalue weighted by Crippen LogP contribution is 2.34. The van der Waals surface area contributed by atoms with Crippen molar-refractivity contribution >= 4 is 5.69 Å². The number of nitrogens with zero attached hydrogens (tertiary/aromatic N) is 2. The van der Waals surface area contributed by atoms with Crippen LogP contribution in [0.1, 0.15) is 55.8 Å². The van der Waals surface area contributed by atoms with Gasteiger partial charge in [-0.3, -0.25) is 0 Å². The van der Waals surface area contributed by atoms with Crippen LogP contribution >= 0.6 is 0 Å². The molecule has 0 bridgehead atoms. The number of hydrogen-bond acceptors (Lipinski definition) is 4. The van der Waals surface area contributed by atoms with Crippen LogP contribution in [-0.2, 0) is 6.42 Å². The summed E-state index contributed by atoms with van der Waals surface area (Å²) in [5.74, 6) is 2.81. The summed E-state index contributed by atoms with van der Waals surface area (Å²) in [6, 6.07) is 7.81. The van der Waals surface area contributed by atoms with E-state index in [9.17, 15) is 0 Å². The van der Waals surface area contributed by atoms with Crippen LogP contribution in [0.5, 0.6) is 0 Å². The van der Waals surface area contributed by atoms with Crippen molar-refractivity contribution in [2.75, 3.05) is 5.73 Å². The number of rotatable bonds is 3. The van der Waals surface area contributed by atoms with Gasteiger partial charge in [0.25, 0.3) is 0 Å². The second-order valence-corrected chi connectivity index (χ2v) is 5.94. The number of hydrogen-bond donors (Lipinski definition) is 1. The molecule has 106 valence electrons. The molecule has 1 saturated carbocycles. The van der Waals surface area contributed by atoms with Crippen molar-refractivity contribution in [2.45, 2.75) is 44.9 Å². The van der Waals surface area contributed by atoms with E-state index in [0.29, 0.717) is 18.2 Å². The number of anilines is 1. The Balaban J connectivity index is 1.70. The zero-order valence-corrected chi connectivity index (χ0v) is 11.9. The van der Waals surface area contributed by atoms with Crippen molar-refractivity contribution in [3.05, 3.63) is 41.5 Å². The van der Waals surface area contributed by atoms with E-state index in [2.05, 4.69) is 17.1 Å². The van der Waals surface area contributed by atoms with Crippen molar-refractivity contribution in [2.24, 2.45) is 5.92 Å². The predicted molar refractivity (Wildman–Crippen MR) is 78.3 cm³/mol. The largest absolute Gasteiger partial charge is 0.399 e. The third-order valence-corrected chi connectivity index (χ3v) is 4.09. The van der Waals surface area contributed by atoms with Gasteiger partial charge in [0.15, 0.2) is 5.82 Å². The van der Waals surface area contributed by atoms with Crippen molar-refractivity contribution in [1.29, 1.82) is 0 Å². The summed E-state index contributed by atoms with van der Waals surface area (Å²) in [6.07, 6.45) is 5.61. The Bertz CT molecular complexity index is 579. The molecule has 1 fully saturated rings. The first-order chi connectivity index (χ1) is 9.70. The summed E-state index contributed by atoms with van der Waals surface area (Å²) < 4.78 is 5.39. The maximum Gasteiger partial charge on any atom is 0.231 e. The molecule has 1 aliphatic rings. The molecule has 1 heterocycles. The maximum atomic E-state index is 5.78.